The van der Waals surface area contributed by atoms with Crippen molar-refractivity contribution in [2.75, 3.05) is 7.05 Å². The van der Waals surface area contributed by atoms with Gasteiger partial charge in [0, 0.05) is 19.0 Å². The number of amides is 2. The van der Waals surface area contributed by atoms with E-state index in [-0.39, 0.29) is 35.6 Å². The molecular weight excluding hydrogens is 312 g/mol. The van der Waals surface area contributed by atoms with E-state index in [4.69, 9.17) is 0 Å². The van der Waals surface area contributed by atoms with E-state index in [1.807, 2.05) is 45.9 Å². The third-order valence-electron chi connectivity index (χ3n) is 5.16. The Morgan fingerprint density at radius 2 is 1.72 bits per heavy atom. The average Bonchev–Trinajstić information content (AvgIpc) is 3.03. The lowest BCUT2D eigenvalue weighted by Gasteiger charge is -2.34. The lowest BCUT2D eigenvalue weighted by molar-refractivity contribution is -0.144. The Labute approximate surface area is 152 Å². The average molecular weight is 344 g/mol. The van der Waals surface area contributed by atoms with Crippen LogP contribution in [-0.4, -0.2) is 35.8 Å². The Kier molecular flexibility index (Phi) is 6.63. The molecule has 0 spiro atoms. The third kappa shape index (κ3) is 4.62. The van der Waals surface area contributed by atoms with Gasteiger partial charge in [-0.25, -0.2) is 0 Å². The summed E-state index contributed by atoms with van der Waals surface area (Å²) in [6, 6.07) is 9.95. The molecule has 1 N–H and O–H groups in total. The highest BCUT2D eigenvalue weighted by Crippen LogP contribution is 2.40. The van der Waals surface area contributed by atoms with Crippen molar-refractivity contribution in [3.63, 3.8) is 0 Å². The summed E-state index contributed by atoms with van der Waals surface area (Å²) in [6.45, 7) is 7.88. The third-order valence-corrected chi connectivity index (χ3v) is 5.16. The molecule has 3 atom stereocenters. The zero-order valence-electron chi connectivity index (χ0n) is 16.2. The summed E-state index contributed by atoms with van der Waals surface area (Å²) in [5, 5.41) is 2.96. The summed E-state index contributed by atoms with van der Waals surface area (Å²) in [7, 11) is 1.78. The quantitative estimate of drug-likeness (QED) is 0.857. The van der Waals surface area contributed by atoms with E-state index in [0.717, 1.165) is 19.3 Å². The second-order valence-corrected chi connectivity index (χ2v) is 7.86. The van der Waals surface area contributed by atoms with E-state index >= 15 is 0 Å². The van der Waals surface area contributed by atoms with Crippen LogP contribution in [0.4, 0.5) is 0 Å². The number of carbonyl (C=O) groups excluding carboxylic acids is 2. The molecule has 0 aromatic heterocycles. The number of hydrogen-bond acceptors (Lipinski definition) is 2. The minimum atomic E-state index is -0.424. The van der Waals surface area contributed by atoms with Gasteiger partial charge in [-0.1, -0.05) is 50.6 Å². The first kappa shape index (κ1) is 19.5. The molecule has 1 saturated carbocycles. The molecule has 1 aromatic carbocycles. The number of nitrogens with one attached hydrogen (secondary N) is 1. The fourth-order valence-corrected chi connectivity index (χ4v) is 4.05. The van der Waals surface area contributed by atoms with E-state index in [1.165, 1.54) is 5.56 Å². The van der Waals surface area contributed by atoms with Crippen LogP contribution in [0.2, 0.25) is 0 Å². The Balaban J connectivity index is 2.17. The molecule has 1 aromatic rings. The zero-order chi connectivity index (χ0) is 18.6. The summed E-state index contributed by atoms with van der Waals surface area (Å²) in [5.41, 5.74) is 1.24. The van der Waals surface area contributed by atoms with Crippen molar-refractivity contribution < 1.29 is 9.59 Å². The van der Waals surface area contributed by atoms with Crippen LogP contribution in [0, 0.1) is 11.8 Å². The maximum Gasteiger partial charge on any atom is 0.243 e. The summed E-state index contributed by atoms with van der Waals surface area (Å²) >= 11 is 0. The molecule has 1 aliphatic rings. The van der Waals surface area contributed by atoms with Gasteiger partial charge in [0.15, 0.2) is 0 Å². The minimum Gasteiger partial charge on any atom is -0.352 e. The highest BCUT2D eigenvalue weighted by molar-refractivity contribution is 5.89. The van der Waals surface area contributed by atoms with Crippen molar-refractivity contribution in [2.24, 2.45) is 11.8 Å². The fraction of sp³-hybridized carbons (Fsp3) is 0.619. The van der Waals surface area contributed by atoms with E-state index in [0.29, 0.717) is 0 Å². The maximum atomic E-state index is 13.2. The first-order valence-corrected chi connectivity index (χ1v) is 9.45. The Morgan fingerprint density at radius 3 is 2.28 bits per heavy atom. The molecule has 0 radical (unpaired) electrons. The number of carbonyl (C=O) groups is 2. The monoisotopic (exact) mass is 344 g/mol. The molecule has 0 bridgehead atoms. The van der Waals surface area contributed by atoms with Crippen LogP contribution in [0.3, 0.4) is 0 Å². The molecule has 0 heterocycles. The zero-order valence-corrected chi connectivity index (χ0v) is 16.2. The van der Waals surface area contributed by atoms with Crippen molar-refractivity contribution in [3.05, 3.63) is 35.9 Å². The molecular formula is C21H32N2O2. The fourth-order valence-electron chi connectivity index (χ4n) is 4.05. The largest absolute Gasteiger partial charge is 0.352 e. The summed E-state index contributed by atoms with van der Waals surface area (Å²) in [4.78, 5) is 27.5. The molecule has 3 unspecified atom stereocenters. The van der Waals surface area contributed by atoms with E-state index < -0.39 is 6.04 Å². The van der Waals surface area contributed by atoms with Gasteiger partial charge in [0.25, 0.3) is 0 Å². The second-order valence-electron chi connectivity index (χ2n) is 7.86. The van der Waals surface area contributed by atoms with Crippen LogP contribution in [0.1, 0.15) is 58.4 Å². The lowest BCUT2D eigenvalue weighted by atomic mass is 9.87. The van der Waals surface area contributed by atoms with Gasteiger partial charge in [-0.15, -0.1) is 0 Å². The van der Waals surface area contributed by atoms with Crippen LogP contribution >= 0.6 is 0 Å². The van der Waals surface area contributed by atoms with Gasteiger partial charge in [-0.3, -0.25) is 9.59 Å². The van der Waals surface area contributed by atoms with Gasteiger partial charge < -0.3 is 10.2 Å². The second kappa shape index (κ2) is 8.50. The SMILES string of the molecule is CC(C)NC(=O)C(C(C)C)N(C)C(=O)C1CCCC1c1ccccc1. The number of nitrogens with zero attached hydrogens (tertiary/aromatic N) is 1. The number of benzene rings is 1. The summed E-state index contributed by atoms with van der Waals surface area (Å²) in [6.07, 6.45) is 3.01. The van der Waals surface area contributed by atoms with Gasteiger partial charge in [0.1, 0.15) is 6.04 Å². The molecule has 138 valence electrons. The summed E-state index contributed by atoms with van der Waals surface area (Å²) < 4.78 is 0. The van der Waals surface area contributed by atoms with Crippen molar-refractivity contribution in [3.8, 4) is 0 Å². The van der Waals surface area contributed by atoms with Gasteiger partial charge in [-0.2, -0.15) is 0 Å². The molecule has 25 heavy (non-hydrogen) atoms. The predicted molar refractivity (Wildman–Crippen MR) is 101 cm³/mol. The van der Waals surface area contributed by atoms with Gasteiger partial charge >= 0.3 is 0 Å². The number of rotatable bonds is 6. The predicted octanol–water partition coefficient (Wildman–Crippen LogP) is 3.58. The van der Waals surface area contributed by atoms with Crippen LogP contribution in [-0.2, 0) is 9.59 Å². The maximum absolute atomic E-state index is 13.2. The van der Waals surface area contributed by atoms with Crippen LogP contribution in [0.25, 0.3) is 0 Å². The van der Waals surface area contributed by atoms with Crippen molar-refractivity contribution >= 4 is 11.8 Å². The van der Waals surface area contributed by atoms with E-state index in [9.17, 15) is 9.59 Å². The highest BCUT2D eigenvalue weighted by atomic mass is 16.2. The Hall–Kier alpha value is -1.84. The van der Waals surface area contributed by atoms with Crippen LogP contribution in [0.15, 0.2) is 30.3 Å². The molecule has 1 aliphatic carbocycles. The van der Waals surface area contributed by atoms with Crippen molar-refractivity contribution in [1.29, 1.82) is 0 Å². The molecule has 4 heteroatoms. The Morgan fingerprint density at radius 1 is 1.08 bits per heavy atom. The van der Waals surface area contributed by atoms with Gasteiger partial charge in [0.05, 0.1) is 0 Å². The van der Waals surface area contributed by atoms with Crippen LogP contribution in [0.5, 0.6) is 0 Å². The van der Waals surface area contributed by atoms with Crippen molar-refractivity contribution in [1.82, 2.24) is 10.2 Å². The lowest BCUT2D eigenvalue weighted by Crippen LogP contribution is -2.53. The van der Waals surface area contributed by atoms with Gasteiger partial charge in [-0.05, 0) is 44.1 Å². The topological polar surface area (TPSA) is 49.4 Å². The van der Waals surface area contributed by atoms with Crippen molar-refractivity contribution in [2.45, 2.75) is 65.0 Å². The summed E-state index contributed by atoms with van der Waals surface area (Å²) in [5.74, 6) is 0.348. The van der Waals surface area contributed by atoms with E-state index in [1.54, 1.807) is 11.9 Å². The number of hydrogen-bond donors (Lipinski definition) is 1. The van der Waals surface area contributed by atoms with Crippen LogP contribution < -0.4 is 5.32 Å². The molecule has 4 nitrogen and oxygen atoms in total. The molecule has 0 saturated heterocycles. The van der Waals surface area contributed by atoms with E-state index in [2.05, 4.69) is 17.4 Å². The molecule has 0 aliphatic heterocycles. The highest BCUT2D eigenvalue weighted by Gasteiger charge is 2.39. The number of likely N-dealkylation sites (N-methyl/N-ethyl adjacent to an activating group) is 1. The standard InChI is InChI=1S/C21H32N2O2/c1-14(2)19(20(24)22-15(3)4)23(5)21(25)18-13-9-12-17(18)16-10-7-6-8-11-16/h6-8,10-11,14-15,17-19H,9,12-13H2,1-5H3,(H,22,24). The smallest absolute Gasteiger partial charge is 0.243 e. The Bertz CT molecular complexity index is 583. The first-order valence-electron chi connectivity index (χ1n) is 9.45. The molecule has 2 amide bonds. The normalized spacial score (nSPS) is 21.4. The minimum absolute atomic E-state index is 0.0273. The molecule has 1 fully saturated rings. The van der Waals surface area contributed by atoms with Gasteiger partial charge in [0.2, 0.25) is 11.8 Å². The first-order chi connectivity index (χ1) is 11.8. The molecule has 2 rings (SSSR count).